The van der Waals surface area contributed by atoms with Crippen molar-refractivity contribution >= 4 is 22.9 Å². The number of anilines is 1. The van der Waals surface area contributed by atoms with Crippen molar-refractivity contribution < 1.29 is 14.3 Å². The van der Waals surface area contributed by atoms with Gasteiger partial charge in [-0.05, 0) is 45.7 Å². The van der Waals surface area contributed by atoms with Crippen LogP contribution in [0.25, 0.3) is 11.0 Å². The van der Waals surface area contributed by atoms with Crippen LogP contribution in [0.5, 0.6) is 5.88 Å². The highest BCUT2D eigenvalue weighted by Crippen LogP contribution is 2.29. The number of rotatable bonds is 3. The van der Waals surface area contributed by atoms with Crippen molar-refractivity contribution in [1.82, 2.24) is 14.9 Å². The smallest absolute Gasteiger partial charge is 0.410 e. The Hall–Kier alpha value is -2.57. The first kappa shape index (κ1) is 19.2. The van der Waals surface area contributed by atoms with E-state index in [0.717, 1.165) is 23.9 Å². The van der Waals surface area contributed by atoms with E-state index in [9.17, 15) is 4.79 Å². The summed E-state index contributed by atoms with van der Waals surface area (Å²) in [5, 5.41) is 0. The second-order valence-electron chi connectivity index (χ2n) is 7.88. The summed E-state index contributed by atoms with van der Waals surface area (Å²) in [7, 11) is 3.58. The van der Waals surface area contributed by atoms with E-state index in [0.29, 0.717) is 24.8 Å². The number of likely N-dealkylation sites (N-methyl/N-ethyl adjacent to an activating group) is 1. The summed E-state index contributed by atoms with van der Waals surface area (Å²) in [6, 6.07) is 7.85. The molecule has 0 radical (unpaired) electrons. The molecule has 0 unspecified atom stereocenters. The number of fused-ring (bicyclic) bond motifs is 1. The molecule has 1 fully saturated rings. The summed E-state index contributed by atoms with van der Waals surface area (Å²) >= 11 is 0. The Morgan fingerprint density at radius 3 is 2.52 bits per heavy atom. The van der Waals surface area contributed by atoms with Crippen molar-refractivity contribution in [2.75, 3.05) is 32.1 Å². The van der Waals surface area contributed by atoms with Crippen LogP contribution in [0.2, 0.25) is 0 Å². The van der Waals surface area contributed by atoms with Crippen molar-refractivity contribution in [3.05, 3.63) is 24.3 Å². The molecule has 3 rings (SSSR count). The van der Waals surface area contributed by atoms with Gasteiger partial charge in [0.15, 0.2) is 5.82 Å². The lowest BCUT2D eigenvalue weighted by Crippen LogP contribution is -2.50. The van der Waals surface area contributed by atoms with Crippen LogP contribution < -0.4 is 9.64 Å². The molecule has 2 heterocycles. The molecule has 7 nitrogen and oxygen atoms in total. The van der Waals surface area contributed by atoms with Crippen LogP contribution in [0, 0.1) is 0 Å². The SMILES string of the molecule is COc1nc2ccccc2nc1N(C)[C@@H]1CCCN(C(=O)OC(C)(C)C)C1. The lowest BCUT2D eigenvalue weighted by molar-refractivity contribution is 0.0199. The number of para-hydroxylation sites is 2. The zero-order chi connectivity index (χ0) is 19.6. The molecule has 1 amide bonds. The Morgan fingerprint density at radius 2 is 1.89 bits per heavy atom. The standard InChI is InChI=1S/C20H28N4O3/c1-20(2,3)27-19(25)24-12-8-9-14(13-24)23(4)17-18(26-5)22-16-11-7-6-10-15(16)21-17/h6-7,10-11,14H,8-9,12-13H2,1-5H3/t14-/m1/s1. The van der Waals surface area contributed by atoms with E-state index < -0.39 is 5.60 Å². The summed E-state index contributed by atoms with van der Waals surface area (Å²) in [5.74, 6) is 1.18. The van der Waals surface area contributed by atoms with E-state index >= 15 is 0 Å². The van der Waals surface area contributed by atoms with Gasteiger partial charge < -0.3 is 19.3 Å². The van der Waals surface area contributed by atoms with Gasteiger partial charge in [0.2, 0.25) is 0 Å². The van der Waals surface area contributed by atoms with Crippen LogP contribution in [0.4, 0.5) is 10.6 Å². The fraction of sp³-hybridized carbons (Fsp3) is 0.550. The van der Waals surface area contributed by atoms with Gasteiger partial charge in [-0.3, -0.25) is 0 Å². The van der Waals surface area contributed by atoms with Crippen LogP contribution >= 0.6 is 0 Å². The van der Waals surface area contributed by atoms with Gasteiger partial charge in [0.1, 0.15) is 5.60 Å². The molecule has 1 atom stereocenters. The molecule has 1 aromatic carbocycles. The summed E-state index contributed by atoms with van der Waals surface area (Å²) in [4.78, 5) is 25.6. The normalized spacial score (nSPS) is 17.7. The fourth-order valence-electron chi connectivity index (χ4n) is 3.28. The molecule has 0 N–H and O–H groups in total. The molecule has 0 spiro atoms. The minimum atomic E-state index is -0.497. The van der Waals surface area contributed by atoms with Gasteiger partial charge in [-0.25, -0.2) is 14.8 Å². The maximum atomic E-state index is 12.4. The number of hydrogen-bond acceptors (Lipinski definition) is 6. The number of ether oxygens (including phenoxy) is 2. The maximum absolute atomic E-state index is 12.4. The molecule has 1 saturated heterocycles. The quantitative estimate of drug-likeness (QED) is 0.822. The van der Waals surface area contributed by atoms with Gasteiger partial charge in [0.25, 0.3) is 5.88 Å². The number of methoxy groups -OCH3 is 1. The van der Waals surface area contributed by atoms with Crippen LogP contribution in [0.3, 0.4) is 0 Å². The number of nitrogens with zero attached hydrogens (tertiary/aromatic N) is 4. The first-order valence-electron chi connectivity index (χ1n) is 9.30. The van der Waals surface area contributed by atoms with Crippen LogP contribution in [0.15, 0.2) is 24.3 Å². The van der Waals surface area contributed by atoms with E-state index in [4.69, 9.17) is 14.5 Å². The van der Waals surface area contributed by atoms with Gasteiger partial charge in [0, 0.05) is 26.2 Å². The third-order valence-corrected chi connectivity index (χ3v) is 4.64. The molecule has 0 saturated carbocycles. The molecular weight excluding hydrogens is 344 g/mol. The number of likely N-dealkylation sites (tertiary alicyclic amines) is 1. The summed E-state index contributed by atoms with van der Waals surface area (Å²) in [6.07, 6.45) is 1.61. The summed E-state index contributed by atoms with van der Waals surface area (Å²) in [6.45, 7) is 6.94. The Balaban J connectivity index is 1.81. The van der Waals surface area contributed by atoms with E-state index in [2.05, 4.69) is 9.88 Å². The van der Waals surface area contributed by atoms with Crippen molar-refractivity contribution in [2.24, 2.45) is 0 Å². The molecule has 146 valence electrons. The van der Waals surface area contributed by atoms with E-state index in [1.165, 1.54) is 0 Å². The van der Waals surface area contributed by atoms with Gasteiger partial charge in [-0.2, -0.15) is 0 Å². The lowest BCUT2D eigenvalue weighted by atomic mass is 10.0. The minimum Gasteiger partial charge on any atom is -0.478 e. The van der Waals surface area contributed by atoms with E-state index in [1.54, 1.807) is 12.0 Å². The van der Waals surface area contributed by atoms with Crippen molar-refractivity contribution in [2.45, 2.75) is 45.3 Å². The predicted octanol–water partition coefficient (Wildman–Crippen LogP) is 3.47. The Kier molecular flexibility index (Phi) is 5.39. The number of carbonyl (C=O) groups excluding carboxylic acids is 1. The fourth-order valence-corrected chi connectivity index (χ4v) is 3.28. The number of carbonyl (C=O) groups is 1. The Morgan fingerprint density at radius 1 is 1.22 bits per heavy atom. The molecule has 7 heteroatoms. The molecular formula is C20H28N4O3. The maximum Gasteiger partial charge on any atom is 0.410 e. The molecule has 1 aromatic heterocycles. The van der Waals surface area contributed by atoms with Gasteiger partial charge in [-0.1, -0.05) is 12.1 Å². The summed E-state index contributed by atoms with van der Waals surface area (Å²) in [5.41, 5.74) is 1.12. The topological polar surface area (TPSA) is 67.8 Å². The van der Waals surface area contributed by atoms with E-state index in [1.807, 2.05) is 52.1 Å². The second-order valence-corrected chi connectivity index (χ2v) is 7.88. The first-order valence-corrected chi connectivity index (χ1v) is 9.30. The first-order chi connectivity index (χ1) is 12.8. The molecule has 27 heavy (non-hydrogen) atoms. The summed E-state index contributed by atoms with van der Waals surface area (Å²) < 4.78 is 11.0. The van der Waals surface area contributed by atoms with Crippen LogP contribution in [-0.4, -0.2) is 59.9 Å². The second kappa shape index (κ2) is 7.58. The number of aromatic nitrogens is 2. The zero-order valence-electron chi connectivity index (χ0n) is 16.7. The molecule has 2 aromatic rings. The highest BCUT2D eigenvalue weighted by Gasteiger charge is 2.31. The highest BCUT2D eigenvalue weighted by molar-refractivity contribution is 5.77. The largest absolute Gasteiger partial charge is 0.478 e. The van der Waals surface area contributed by atoms with Crippen molar-refractivity contribution in [3.63, 3.8) is 0 Å². The number of benzene rings is 1. The van der Waals surface area contributed by atoms with Gasteiger partial charge in [0.05, 0.1) is 18.1 Å². The Bertz CT molecular complexity index is 818. The number of amides is 1. The lowest BCUT2D eigenvalue weighted by Gasteiger charge is -2.38. The molecule has 0 aliphatic carbocycles. The third-order valence-electron chi connectivity index (χ3n) is 4.64. The van der Waals surface area contributed by atoms with Crippen molar-refractivity contribution in [1.29, 1.82) is 0 Å². The highest BCUT2D eigenvalue weighted by atomic mass is 16.6. The average Bonchev–Trinajstić information content (AvgIpc) is 2.65. The Labute approximate surface area is 160 Å². The third kappa shape index (κ3) is 4.40. The van der Waals surface area contributed by atoms with Gasteiger partial charge in [-0.15, -0.1) is 0 Å². The molecule has 1 aliphatic rings. The minimum absolute atomic E-state index is 0.121. The monoisotopic (exact) mass is 372 g/mol. The van der Waals surface area contributed by atoms with Crippen LogP contribution in [-0.2, 0) is 4.74 Å². The van der Waals surface area contributed by atoms with Crippen LogP contribution in [0.1, 0.15) is 33.6 Å². The molecule has 1 aliphatic heterocycles. The zero-order valence-corrected chi connectivity index (χ0v) is 16.7. The molecule has 0 bridgehead atoms. The average molecular weight is 372 g/mol. The number of hydrogen-bond donors (Lipinski definition) is 0. The van der Waals surface area contributed by atoms with E-state index in [-0.39, 0.29) is 12.1 Å². The number of piperidine rings is 1. The van der Waals surface area contributed by atoms with Gasteiger partial charge >= 0.3 is 6.09 Å². The van der Waals surface area contributed by atoms with Crippen molar-refractivity contribution in [3.8, 4) is 5.88 Å². The predicted molar refractivity (Wildman–Crippen MR) is 105 cm³/mol.